The largest absolute Gasteiger partial charge is 0.313 e. The molecule has 100 valence electrons. The standard InChI is InChI=1S/C16H18BrNS/c1-2-11-18-12-13-7-3-5-9-15(13)19-16-10-6-4-8-14(16)17/h3-10,18H,2,11-12H2,1H3. The highest BCUT2D eigenvalue weighted by Crippen LogP contribution is 2.34. The molecule has 2 aromatic rings. The Morgan fingerprint density at radius 1 is 1.00 bits per heavy atom. The van der Waals surface area contributed by atoms with Crippen LogP contribution in [0.25, 0.3) is 0 Å². The molecule has 0 aliphatic rings. The Morgan fingerprint density at radius 2 is 1.68 bits per heavy atom. The predicted molar refractivity (Wildman–Crippen MR) is 86.7 cm³/mol. The van der Waals surface area contributed by atoms with E-state index >= 15 is 0 Å². The van der Waals surface area contributed by atoms with Crippen molar-refractivity contribution in [1.82, 2.24) is 5.32 Å². The van der Waals surface area contributed by atoms with Gasteiger partial charge in [-0.1, -0.05) is 49.0 Å². The molecule has 3 heteroatoms. The number of nitrogens with one attached hydrogen (secondary N) is 1. The topological polar surface area (TPSA) is 12.0 Å². The van der Waals surface area contributed by atoms with E-state index in [9.17, 15) is 0 Å². The minimum Gasteiger partial charge on any atom is -0.313 e. The van der Waals surface area contributed by atoms with Gasteiger partial charge in [0.2, 0.25) is 0 Å². The monoisotopic (exact) mass is 335 g/mol. The minimum atomic E-state index is 0.932. The van der Waals surface area contributed by atoms with Crippen molar-refractivity contribution >= 4 is 27.7 Å². The highest BCUT2D eigenvalue weighted by atomic mass is 79.9. The minimum absolute atomic E-state index is 0.932. The molecule has 0 saturated heterocycles. The molecule has 0 amide bonds. The van der Waals surface area contributed by atoms with Gasteiger partial charge in [0.1, 0.15) is 0 Å². The lowest BCUT2D eigenvalue weighted by Gasteiger charge is -2.10. The van der Waals surface area contributed by atoms with Crippen molar-refractivity contribution in [2.75, 3.05) is 6.54 Å². The summed E-state index contributed by atoms with van der Waals surface area (Å²) in [6, 6.07) is 16.9. The number of benzene rings is 2. The fourth-order valence-corrected chi connectivity index (χ4v) is 3.29. The van der Waals surface area contributed by atoms with Crippen LogP contribution in [-0.4, -0.2) is 6.54 Å². The molecule has 2 rings (SSSR count). The Bertz CT molecular complexity index is 528. The lowest BCUT2D eigenvalue weighted by molar-refractivity contribution is 0.669. The SMILES string of the molecule is CCCNCc1ccccc1Sc1ccccc1Br. The van der Waals surface area contributed by atoms with Crippen LogP contribution in [0.2, 0.25) is 0 Å². The van der Waals surface area contributed by atoms with Crippen molar-refractivity contribution in [3.63, 3.8) is 0 Å². The molecule has 1 N–H and O–H groups in total. The molecule has 0 bridgehead atoms. The molecule has 0 spiro atoms. The van der Waals surface area contributed by atoms with Crippen molar-refractivity contribution in [3.8, 4) is 0 Å². The molecule has 0 heterocycles. The van der Waals surface area contributed by atoms with E-state index in [2.05, 4.69) is 70.6 Å². The van der Waals surface area contributed by atoms with Crippen LogP contribution < -0.4 is 5.32 Å². The smallest absolute Gasteiger partial charge is 0.0314 e. The van der Waals surface area contributed by atoms with E-state index < -0.39 is 0 Å². The first-order valence-corrected chi connectivity index (χ1v) is 8.13. The average Bonchev–Trinajstić information content (AvgIpc) is 2.43. The summed E-state index contributed by atoms with van der Waals surface area (Å²) in [4.78, 5) is 2.57. The molecule has 0 atom stereocenters. The summed E-state index contributed by atoms with van der Waals surface area (Å²) in [5.74, 6) is 0. The normalized spacial score (nSPS) is 10.6. The molecular weight excluding hydrogens is 318 g/mol. The second-order valence-electron chi connectivity index (χ2n) is 4.32. The summed E-state index contributed by atoms with van der Waals surface area (Å²) < 4.78 is 1.15. The lowest BCUT2D eigenvalue weighted by atomic mass is 10.2. The summed E-state index contributed by atoms with van der Waals surface area (Å²) in [5, 5.41) is 3.47. The number of rotatable bonds is 6. The Kier molecular flexibility index (Phi) is 5.95. The highest BCUT2D eigenvalue weighted by Gasteiger charge is 2.05. The molecule has 19 heavy (non-hydrogen) atoms. The van der Waals surface area contributed by atoms with Gasteiger partial charge in [0.15, 0.2) is 0 Å². The van der Waals surface area contributed by atoms with Gasteiger partial charge < -0.3 is 5.32 Å². The van der Waals surface area contributed by atoms with Crippen LogP contribution in [0.15, 0.2) is 62.8 Å². The second-order valence-corrected chi connectivity index (χ2v) is 6.26. The predicted octanol–water partition coefficient (Wildman–Crippen LogP) is 5.10. The zero-order valence-corrected chi connectivity index (χ0v) is 13.4. The van der Waals surface area contributed by atoms with Crippen molar-refractivity contribution in [2.45, 2.75) is 29.7 Å². The molecule has 0 unspecified atom stereocenters. The maximum absolute atomic E-state index is 3.61. The number of hydrogen-bond donors (Lipinski definition) is 1. The van der Waals surface area contributed by atoms with Crippen LogP contribution in [0.4, 0.5) is 0 Å². The molecule has 0 radical (unpaired) electrons. The third-order valence-corrected chi connectivity index (χ3v) is 4.92. The van der Waals surface area contributed by atoms with Gasteiger partial charge in [-0.3, -0.25) is 0 Å². The Labute approximate surface area is 127 Å². The molecule has 0 saturated carbocycles. The molecule has 0 aliphatic carbocycles. The third kappa shape index (κ3) is 4.37. The van der Waals surface area contributed by atoms with Gasteiger partial charge in [-0.15, -0.1) is 0 Å². The highest BCUT2D eigenvalue weighted by molar-refractivity contribution is 9.10. The van der Waals surface area contributed by atoms with Crippen LogP contribution in [0, 0.1) is 0 Å². The average molecular weight is 336 g/mol. The van der Waals surface area contributed by atoms with Crippen LogP contribution >= 0.6 is 27.7 Å². The van der Waals surface area contributed by atoms with E-state index in [0.29, 0.717) is 0 Å². The Hall–Kier alpha value is -0.770. The van der Waals surface area contributed by atoms with Crippen molar-refractivity contribution in [3.05, 3.63) is 58.6 Å². The molecule has 2 aromatic carbocycles. The molecule has 0 fully saturated rings. The summed E-state index contributed by atoms with van der Waals surface area (Å²) in [7, 11) is 0. The van der Waals surface area contributed by atoms with Crippen LogP contribution in [0.5, 0.6) is 0 Å². The van der Waals surface area contributed by atoms with Crippen molar-refractivity contribution in [2.24, 2.45) is 0 Å². The van der Waals surface area contributed by atoms with E-state index in [0.717, 1.165) is 17.6 Å². The van der Waals surface area contributed by atoms with E-state index in [4.69, 9.17) is 0 Å². The lowest BCUT2D eigenvalue weighted by Crippen LogP contribution is -2.14. The van der Waals surface area contributed by atoms with E-state index in [1.165, 1.54) is 21.8 Å². The zero-order chi connectivity index (χ0) is 13.5. The van der Waals surface area contributed by atoms with Gasteiger partial charge in [-0.05, 0) is 52.7 Å². The van der Waals surface area contributed by atoms with Crippen molar-refractivity contribution < 1.29 is 0 Å². The zero-order valence-electron chi connectivity index (χ0n) is 11.0. The maximum Gasteiger partial charge on any atom is 0.0314 e. The first kappa shape index (κ1) is 14.6. The molecule has 0 aromatic heterocycles. The van der Waals surface area contributed by atoms with Gasteiger partial charge in [0, 0.05) is 20.8 Å². The number of hydrogen-bond acceptors (Lipinski definition) is 2. The fourth-order valence-electron chi connectivity index (χ4n) is 1.80. The van der Waals surface area contributed by atoms with E-state index in [1.807, 2.05) is 17.8 Å². The van der Waals surface area contributed by atoms with Crippen LogP contribution in [0.1, 0.15) is 18.9 Å². The van der Waals surface area contributed by atoms with Crippen molar-refractivity contribution in [1.29, 1.82) is 0 Å². The van der Waals surface area contributed by atoms with E-state index in [-0.39, 0.29) is 0 Å². The van der Waals surface area contributed by atoms with Gasteiger partial charge in [0.05, 0.1) is 0 Å². The van der Waals surface area contributed by atoms with Crippen LogP contribution in [0.3, 0.4) is 0 Å². The van der Waals surface area contributed by atoms with Gasteiger partial charge in [-0.2, -0.15) is 0 Å². The third-order valence-electron chi connectivity index (χ3n) is 2.77. The Morgan fingerprint density at radius 3 is 2.42 bits per heavy atom. The Balaban J connectivity index is 2.13. The first-order chi connectivity index (χ1) is 9.31. The van der Waals surface area contributed by atoms with E-state index in [1.54, 1.807) is 0 Å². The van der Waals surface area contributed by atoms with Crippen LogP contribution in [-0.2, 0) is 6.54 Å². The molecular formula is C16H18BrNS. The van der Waals surface area contributed by atoms with Gasteiger partial charge >= 0.3 is 0 Å². The maximum atomic E-state index is 3.61. The molecule has 1 nitrogen and oxygen atoms in total. The summed E-state index contributed by atoms with van der Waals surface area (Å²) >= 11 is 5.42. The molecule has 0 aliphatic heterocycles. The van der Waals surface area contributed by atoms with Gasteiger partial charge in [-0.25, -0.2) is 0 Å². The summed E-state index contributed by atoms with van der Waals surface area (Å²) in [6.45, 7) is 4.18. The number of halogens is 1. The summed E-state index contributed by atoms with van der Waals surface area (Å²) in [5.41, 5.74) is 1.36. The first-order valence-electron chi connectivity index (χ1n) is 6.52. The quantitative estimate of drug-likeness (QED) is 0.737. The summed E-state index contributed by atoms with van der Waals surface area (Å²) in [6.07, 6.45) is 1.17. The van der Waals surface area contributed by atoms with Gasteiger partial charge in [0.25, 0.3) is 0 Å². The fraction of sp³-hybridized carbons (Fsp3) is 0.250. The second kappa shape index (κ2) is 7.73.